The summed E-state index contributed by atoms with van der Waals surface area (Å²) in [6.07, 6.45) is 5.99. The Morgan fingerprint density at radius 3 is 2.58 bits per heavy atom. The predicted octanol–water partition coefficient (Wildman–Crippen LogP) is 4.38. The van der Waals surface area contributed by atoms with Gasteiger partial charge < -0.3 is 14.2 Å². The molecule has 0 saturated heterocycles. The van der Waals surface area contributed by atoms with Crippen LogP contribution in [-0.4, -0.2) is 18.7 Å². The average molecular weight is 350 g/mol. The number of ketones is 1. The second kappa shape index (κ2) is 6.35. The van der Waals surface area contributed by atoms with Gasteiger partial charge in [0.1, 0.15) is 11.5 Å². The minimum Gasteiger partial charge on any atom is -0.490 e. The van der Waals surface area contributed by atoms with Crippen LogP contribution in [0.2, 0.25) is 0 Å². The van der Waals surface area contributed by atoms with E-state index < -0.39 is 0 Å². The quantitative estimate of drug-likeness (QED) is 0.824. The Balaban J connectivity index is 1.56. The molecule has 134 valence electrons. The van der Waals surface area contributed by atoms with E-state index in [0.29, 0.717) is 18.9 Å². The number of ether oxygens (including phenoxy) is 3. The lowest BCUT2D eigenvalue weighted by atomic mass is 9.78. The minimum atomic E-state index is 0.0124. The molecule has 4 heteroatoms. The standard InChI is InChI=1S/C22H22O4/c23-15-9-14-10-21-22(25-13-24-21)12-18(14)19(11-15)17-7-3-4-8-20(17)26-16-5-1-2-6-16/h3-4,7-8,10,12,16,19H,1-2,5-6,9,11,13H2. The maximum absolute atomic E-state index is 12.5. The number of Topliss-reactive ketones (excluding diaryl/α,β-unsaturated/α-hetero) is 1. The number of benzene rings is 2. The fraction of sp³-hybridized carbons (Fsp3) is 0.409. The molecule has 0 amide bonds. The van der Waals surface area contributed by atoms with Gasteiger partial charge in [-0.25, -0.2) is 0 Å². The van der Waals surface area contributed by atoms with Crippen molar-refractivity contribution in [3.63, 3.8) is 0 Å². The van der Waals surface area contributed by atoms with Crippen LogP contribution in [0.5, 0.6) is 17.2 Å². The van der Waals surface area contributed by atoms with E-state index in [1.807, 2.05) is 24.3 Å². The lowest BCUT2D eigenvalue weighted by molar-refractivity contribution is -0.119. The van der Waals surface area contributed by atoms with Gasteiger partial charge in [-0.2, -0.15) is 0 Å². The highest BCUT2D eigenvalue weighted by atomic mass is 16.7. The highest BCUT2D eigenvalue weighted by molar-refractivity contribution is 5.85. The van der Waals surface area contributed by atoms with Crippen molar-refractivity contribution in [1.29, 1.82) is 0 Å². The van der Waals surface area contributed by atoms with E-state index in [1.54, 1.807) is 0 Å². The van der Waals surface area contributed by atoms with Gasteiger partial charge in [-0.15, -0.1) is 0 Å². The van der Waals surface area contributed by atoms with E-state index >= 15 is 0 Å². The molecule has 1 aliphatic heterocycles. The molecule has 1 saturated carbocycles. The third-order valence-electron chi connectivity index (χ3n) is 5.72. The SMILES string of the molecule is O=C1Cc2cc3c(cc2C(c2ccccc2OC2CCCC2)C1)OCO3. The number of hydrogen-bond acceptors (Lipinski definition) is 4. The number of carbonyl (C=O) groups excluding carboxylic acids is 1. The molecule has 0 bridgehead atoms. The molecule has 5 rings (SSSR count). The van der Waals surface area contributed by atoms with Gasteiger partial charge in [0.2, 0.25) is 6.79 Å². The third kappa shape index (κ3) is 2.74. The van der Waals surface area contributed by atoms with Crippen molar-refractivity contribution in [2.75, 3.05) is 6.79 Å². The molecular formula is C22H22O4. The summed E-state index contributed by atoms with van der Waals surface area (Å²) in [6, 6.07) is 12.2. The van der Waals surface area contributed by atoms with Gasteiger partial charge in [-0.05, 0) is 55.0 Å². The van der Waals surface area contributed by atoms with Crippen molar-refractivity contribution >= 4 is 5.78 Å². The first kappa shape index (κ1) is 15.7. The van der Waals surface area contributed by atoms with Crippen LogP contribution in [0.25, 0.3) is 0 Å². The molecule has 2 aromatic rings. The first-order valence-electron chi connectivity index (χ1n) is 9.47. The molecule has 4 nitrogen and oxygen atoms in total. The maximum atomic E-state index is 12.5. The molecule has 1 heterocycles. The molecule has 26 heavy (non-hydrogen) atoms. The number of rotatable bonds is 3. The second-order valence-corrected chi connectivity index (χ2v) is 7.44. The topological polar surface area (TPSA) is 44.8 Å². The summed E-state index contributed by atoms with van der Waals surface area (Å²) in [5.74, 6) is 2.71. The molecule has 1 unspecified atom stereocenters. The number of carbonyl (C=O) groups is 1. The molecule has 0 N–H and O–H groups in total. The Hall–Kier alpha value is -2.49. The Labute approximate surface area is 153 Å². The van der Waals surface area contributed by atoms with Crippen LogP contribution in [-0.2, 0) is 11.2 Å². The normalized spacial score (nSPS) is 21.7. The van der Waals surface area contributed by atoms with Gasteiger partial charge in [0, 0.05) is 24.3 Å². The van der Waals surface area contributed by atoms with Gasteiger partial charge in [0.05, 0.1) is 6.10 Å². The Morgan fingerprint density at radius 1 is 0.962 bits per heavy atom. The molecular weight excluding hydrogens is 328 g/mol. The van der Waals surface area contributed by atoms with E-state index in [9.17, 15) is 4.79 Å². The summed E-state index contributed by atoms with van der Waals surface area (Å²) in [5.41, 5.74) is 3.31. The summed E-state index contributed by atoms with van der Waals surface area (Å²) >= 11 is 0. The minimum absolute atomic E-state index is 0.0124. The zero-order valence-electron chi connectivity index (χ0n) is 14.7. The van der Waals surface area contributed by atoms with Crippen LogP contribution in [0.3, 0.4) is 0 Å². The van der Waals surface area contributed by atoms with Gasteiger partial charge in [-0.3, -0.25) is 4.79 Å². The molecule has 3 aliphatic rings. The highest BCUT2D eigenvalue weighted by Crippen LogP contribution is 2.45. The van der Waals surface area contributed by atoms with E-state index in [4.69, 9.17) is 14.2 Å². The van der Waals surface area contributed by atoms with Crippen molar-refractivity contribution in [1.82, 2.24) is 0 Å². The van der Waals surface area contributed by atoms with Gasteiger partial charge in [0.15, 0.2) is 11.5 Å². The smallest absolute Gasteiger partial charge is 0.231 e. The number of hydrogen-bond donors (Lipinski definition) is 0. The van der Waals surface area contributed by atoms with Crippen LogP contribution in [0.15, 0.2) is 36.4 Å². The fourth-order valence-electron chi connectivity index (χ4n) is 4.44. The molecule has 1 atom stereocenters. The molecule has 0 radical (unpaired) electrons. The van der Waals surface area contributed by atoms with Crippen LogP contribution in [0, 0.1) is 0 Å². The van der Waals surface area contributed by atoms with Crippen molar-refractivity contribution < 1.29 is 19.0 Å². The summed E-state index contributed by atoms with van der Waals surface area (Å²) < 4.78 is 17.4. The van der Waals surface area contributed by atoms with Crippen LogP contribution in [0.1, 0.15) is 54.7 Å². The Bertz CT molecular complexity index is 851. The summed E-state index contributed by atoms with van der Waals surface area (Å²) in [4.78, 5) is 12.5. The zero-order valence-corrected chi connectivity index (χ0v) is 14.7. The van der Waals surface area contributed by atoms with Crippen molar-refractivity contribution in [2.24, 2.45) is 0 Å². The molecule has 2 aromatic carbocycles. The lowest BCUT2D eigenvalue weighted by Crippen LogP contribution is -2.21. The summed E-state index contributed by atoms with van der Waals surface area (Å²) in [6.45, 7) is 0.248. The first-order valence-corrected chi connectivity index (χ1v) is 9.47. The van der Waals surface area contributed by atoms with Crippen LogP contribution >= 0.6 is 0 Å². The molecule has 0 aromatic heterocycles. The summed E-state index contributed by atoms with van der Waals surface area (Å²) in [5, 5.41) is 0. The van der Waals surface area contributed by atoms with Crippen LogP contribution < -0.4 is 14.2 Å². The number of para-hydroxylation sites is 1. The van der Waals surface area contributed by atoms with E-state index in [1.165, 1.54) is 12.8 Å². The van der Waals surface area contributed by atoms with Gasteiger partial charge in [0.25, 0.3) is 0 Å². The van der Waals surface area contributed by atoms with E-state index in [-0.39, 0.29) is 18.5 Å². The Morgan fingerprint density at radius 2 is 1.73 bits per heavy atom. The maximum Gasteiger partial charge on any atom is 0.231 e. The molecule has 1 fully saturated rings. The van der Waals surface area contributed by atoms with Gasteiger partial charge in [-0.1, -0.05) is 18.2 Å². The Kier molecular flexibility index (Phi) is 3.84. The first-order chi connectivity index (χ1) is 12.8. The summed E-state index contributed by atoms with van der Waals surface area (Å²) in [7, 11) is 0. The van der Waals surface area contributed by atoms with Crippen molar-refractivity contribution in [3.05, 3.63) is 53.1 Å². The second-order valence-electron chi connectivity index (χ2n) is 7.44. The van der Waals surface area contributed by atoms with Crippen LogP contribution in [0.4, 0.5) is 0 Å². The average Bonchev–Trinajstić information content (AvgIpc) is 3.31. The number of fused-ring (bicyclic) bond motifs is 2. The molecule has 0 spiro atoms. The predicted molar refractivity (Wildman–Crippen MR) is 97.1 cm³/mol. The van der Waals surface area contributed by atoms with Crippen molar-refractivity contribution in [2.45, 2.75) is 50.5 Å². The highest BCUT2D eigenvalue weighted by Gasteiger charge is 2.32. The van der Waals surface area contributed by atoms with Gasteiger partial charge >= 0.3 is 0 Å². The lowest BCUT2D eigenvalue weighted by Gasteiger charge is -2.28. The molecule has 2 aliphatic carbocycles. The van der Waals surface area contributed by atoms with Crippen molar-refractivity contribution in [3.8, 4) is 17.2 Å². The van der Waals surface area contributed by atoms with E-state index in [2.05, 4.69) is 12.1 Å². The fourth-order valence-corrected chi connectivity index (χ4v) is 4.44. The third-order valence-corrected chi connectivity index (χ3v) is 5.72. The largest absolute Gasteiger partial charge is 0.490 e. The van der Waals surface area contributed by atoms with E-state index in [0.717, 1.165) is 46.8 Å². The zero-order chi connectivity index (χ0) is 17.5. The monoisotopic (exact) mass is 350 g/mol.